The molecule has 0 amide bonds. The minimum atomic E-state index is 0.00513. The van der Waals surface area contributed by atoms with Crippen LogP contribution in [0.2, 0.25) is 0 Å². The summed E-state index contributed by atoms with van der Waals surface area (Å²) in [7, 11) is 0. The average Bonchev–Trinajstić information content (AvgIpc) is 1.78. The standard InChI is InChI=1S/C7H15O2.Al.2H/c1-7(2,3)9-6-4-5-8;;;/h4-6H2,1-3H3;;;/q-1;+1;;. The first-order valence-corrected chi connectivity index (χ1v) is 4.51. The monoisotopic (exact) mass is 160 g/mol. The second kappa shape index (κ2) is 5.15. The maximum Gasteiger partial charge on any atom is 0.410 e. The Hall–Kier alpha value is 0.452. The lowest BCUT2D eigenvalue weighted by molar-refractivity contribution is -0.00743. The smallest absolute Gasteiger partial charge is 0.410 e. The topological polar surface area (TPSA) is 18.5 Å². The van der Waals surface area contributed by atoms with Gasteiger partial charge in [0.05, 0.1) is 5.60 Å². The first-order valence-electron chi connectivity index (χ1n) is 3.69. The summed E-state index contributed by atoms with van der Waals surface area (Å²) < 4.78 is 10.5. The van der Waals surface area contributed by atoms with Gasteiger partial charge < -0.3 is 8.53 Å². The van der Waals surface area contributed by atoms with Crippen molar-refractivity contribution >= 4 is 16.6 Å². The first kappa shape index (κ1) is 10.5. The molecule has 0 aromatic heterocycles. The number of hydrogen-bond donors (Lipinski definition) is 0. The predicted molar refractivity (Wildman–Crippen MR) is 44.8 cm³/mol. The highest BCUT2D eigenvalue weighted by atomic mass is 27.1. The Bertz CT molecular complexity index is 78.2. The molecule has 3 heteroatoms. The van der Waals surface area contributed by atoms with Crippen LogP contribution in [0.1, 0.15) is 27.2 Å². The van der Waals surface area contributed by atoms with Gasteiger partial charge in [0.1, 0.15) is 0 Å². The summed E-state index contributed by atoms with van der Waals surface area (Å²) >= 11 is 0.840. The molecule has 0 spiro atoms. The Morgan fingerprint density at radius 1 is 1.20 bits per heavy atom. The van der Waals surface area contributed by atoms with Crippen LogP contribution < -0.4 is 0 Å². The van der Waals surface area contributed by atoms with Gasteiger partial charge in [-0.05, 0) is 27.2 Å². The van der Waals surface area contributed by atoms with Crippen LogP contribution in [0, 0.1) is 0 Å². The molecule has 0 bridgehead atoms. The number of hydrogen-bond acceptors (Lipinski definition) is 2. The molecular weight excluding hydrogens is 143 g/mol. The fourth-order valence-electron chi connectivity index (χ4n) is 0.582. The highest BCUT2D eigenvalue weighted by Gasteiger charge is 2.08. The molecule has 2 nitrogen and oxygen atoms in total. The normalized spacial score (nSPS) is 11.9. The molecule has 0 aromatic rings. The Kier molecular flexibility index (Phi) is 5.38. The van der Waals surface area contributed by atoms with Crippen molar-refractivity contribution < 1.29 is 8.53 Å². The van der Waals surface area contributed by atoms with E-state index in [2.05, 4.69) is 20.8 Å². The Morgan fingerprint density at radius 3 is 2.20 bits per heavy atom. The van der Waals surface area contributed by atoms with Crippen LogP contribution in [0.4, 0.5) is 0 Å². The molecule has 0 atom stereocenters. The Labute approximate surface area is 71.7 Å². The van der Waals surface area contributed by atoms with Crippen molar-refractivity contribution in [3.05, 3.63) is 0 Å². The van der Waals surface area contributed by atoms with Crippen LogP contribution in [0.25, 0.3) is 0 Å². The summed E-state index contributed by atoms with van der Waals surface area (Å²) in [6, 6.07) is 0. The third-order valence-corrected chi connectivity index (χ3v) is 1.44. The van der Waals surface area contributed by atoms with Gasteiger partial charge in [0.2, 0.25) is 0 Å². The van der Waals surface area contributed by atoms with E-state index in [0.29, 0.717) is 0 Å². The summed E-state index contributed by atoms with van der Waals surface area (Å²) in [5.41, 5.74) is 0.00513. The molecule has 0 aromatic carbocycles. The van der Waals surface area contributed by atoms with Crippen molar-refractivity contribution in [2.24, 2.45) is 0 Å². The minimum Gasteiger partial charge on any atom is -0.506 e. The van der Waals surface area contributed by atoms with Gasteiger partial charge in [-0.15, -0.1) is 0 Å². The van der Waals surface area contributed by atoms with Gasteiger partial charge >= 0.3 is 16.6 Å². The van der Waals surface area contributed by atoms with E-state index in [-0.39, 0.29) is 5.60 Å². The molecule has 0 aliphatic carbocycles. The molecule has 0 saturated carbocycles. The molecule has 0 N–H and O–H groups in total. The molecular formula is C7H17AlO2. The third-order valence-electron chi connectivity index (χ3n) is 1.03. The van der Waals surface area contributed by atoms with Crippen LogP contribution in [0.3, 0.4) is 0 Å². The van der Waals surface area contributed by atoms with Gasteiger partial charge in [-0.25, -0.2) is 0 Å². The molecule has 0 radical (unpaired) electrons. The van der Waals surface area contributed by atoms with Gasteiger partial charge in [0, 0.05) is 13.2 Å². The van der Waals surface area contributed by atoms with Crippen LogP contribution in [0.5, 0.6) is 0 Å². The maximum absolute atomic E-state index is 5.47. The number of ether oxygens (including phenoxy) is 1. The van der Waals surface area contributed by atoms with Crippen molar-refractivity contribution in [2.45, 2.75) is 32.8 Å². The summed E-state index contributed by atoms with van der Waals surface area (Å²) in [6.45, 7) is 7.85. The number of rotatable bonds is 4. The summed E-state index contributed by atoms with van der Waals surface area (Å²) in [6.07, 6.45) is 1.01. The van der Waals surface area contributed by atoms with Gasteiger partial charge in [-0.2, -0.15) is 0 Å². The lowest BCUT2D eigenvalue weighted by Gasteiger charge is -2.19. The zero-order chi connectivity index (χ0) is 8.04. The van der Waals surface area contributed by atoms with E-state index in [1.54, 1.807) is 0 Å². The fourth-order valence-corrected chi connectivity index (χ4v) is 0.870. The lowest BCUT2D eigenvalue weighted by atomic mass is 10.2. The van der Waals surface area contributed by atoms with Gasteiger partial charge in [-0.3, -0.25) is 0 Å². The minimum absolute atomic E-state index is 0.00513. The highest BCUT2D eigenvalue weighted by molar-refractivity contribution is 5.97. The van der Waals surface area contributed by atoms with Gasteiger partial charge in [0.25, 0.3) is 0 Å². The van der Waals surface area contributed by atoms with Crippen molar-refractivity contribution in [1.82, 2.24) is 0 Å². The van der Waals surface area contributed by atoms with Crippen molar-refractivity contribution in [1.29, 1.82) is 0 Å². The van der Waals surface area contributed by atoms with Crippen LogP contribution in [-0.2, 0) is 8.53 Å². The quantitative estimate of drug-likeness (QED) is 0.446. The largest absolute Gasteiger partial charge is 0.506 e. The maximum atomic E-state index is 5.47. The third kappa shape index (κ3) is 8.45. The van der Waals surface area contributed by atoms with Crippen LogP contribution in [-0.4, -0.2) is 35.4 Å². The van der Waals surface area contributed by atoms with Gasteiger partial charge in [0.15, 0.2) is 0 Å². The second-order valence-corrected chi connectivity index (χ2v) is 3.88. The van der Waals surface area contributed by atoms with E-state index >= 15 is 0 Å². The average molecular weight is 160 g/mol. The summed E-state index contributed by atoms with van der Waals surface area (Å²) in [5.74, 6) is 0. The predicted octanol–water partition coefficient (Wildman–Crippen LogP) is 0.756. The van der Waals surface area contributed by atoms with E-state index in [9.17, 15) is 0 Å². The van der Waals surface area contributed by atoms with Gasteiger partial charge in [-0.1, -0.05) is 0 Å². The molecule has 0 saturated heterocycles. The molecule has 0 fully saturated rings. The molecule has 10 heavy (non-hydrogen) atoms. The SMILES string of the molecule is CC(C)(C)OCCC[O][AlH2]. The summed E-state index contributed by atoms with van der Waals surface area (Å²) in [4.78, 5) is 0. The van der Waals surface area contributed by atoms with E-state index in [1.807, 2.05) is 0 Å². The lowest BCUT2D eigenvalue weighted by Crippen LogP contribution is -2.20. The van der Waals surface area contributed by atoms with E-state index in [0.717, 1.165) is 36.3 Å². The molecule has 0 unspecified atom stereocenters. The van der Waals surface area contributed by atoms with Crippen LogP contribution >= 0.6 is 0 Å². The molecule has 60 valence electrons. The van der Waals surface area contributed by atoms with Crippen molar-refractivity contribution in [2.75, 3.05) is 13.2 Å². The van der Waals surface area contributed by atoms with E-state index in [1.165, 1.54) is 0 Å². The van der Waals surface area contributed by atoms with E-state index < -0.39 is 0 Å². The molecule has 0 rings (SSSR count). The van der Waals surface area contributed by atoms with Crippen LogP contribution in [0.15, 0.2) is 0 Å². The van der Waals surface area contributed by atoms with E-state index in [4.69, 9.17) is 8.53 Å². The molecule has 0 aliphatic heterocycles. The van der Waals surface area contributed by atoms with Crippen molar-refractivity contribution in [3.8, 4) is 0 Å². The fraction of sp³-hybridized carbons (Fsp3) is 1.00. The Morgan fingerprint density at radius 2 is 1.80 bits per heavy atom. The zero-order valence-corrected chi connectivity index (χ0v) is 9.44. The highest BCUT2D eigenvalue weighted by Crippen LogP contribution is 2.06. The molecule has 0 aliphatic rings. The Balaban J connectivity index is 3.04. The summed E-state index contributed by atoms with van der Waals surface area (Å²) in [5, 5.41) is 0. The first-order chi connectivity index (χ1) is 4.56. The van der Waals surface area contributed by atoms with Crippen molar-refractivity contribution in [3.63, 3.8) is 0 Å². The molecule has 0 heterocycles. The second-order valence-electron chi connectivity index (χ2n) is 3.31. The zero-order valence-electron chi connectivity index (χ0n) is 7.44.